The number of anilines is 1. The van der Waals surface area contributed by atoms with Gasteiger partial charge in [-0.05, 0) is 36.6 Å². The summed E-state index contributed by atoms with van der Waals surface area (Å²) in [5, 5.41) is 9.40. The van der Waals surface area contributed by atoms with Crippen molar-refractivity contribution < 1.29 is 4.79 Å². The number of nitrogens with zero attached hydrogens (tertiary/aromatic N) is 1. The lowest BCUT2D eigenvalue weighted by Gasteiger charge is -2.11. The van der Waals surface area contributed by atoms with Crippen molar-refractivity contribution in [3.63, 3.8) is 0 Å². The summed E-state index contributed by atoms with van der Waals surface area (Å²) in [7, 11) is 0. The molecule has 5 heteroatoms. The first kappa shape index (κ1) is 18.5. The van der Waals surface area contributed by atoms with Crippen molar-refractivity contribution in [1.29, 1.82) is 0 Å². The van der Waals surface area contributed by atoms with Gasteiger partial charge in [0.05, 0.1) is 6.54 Å². The van der Waals surface area contributed by atoms with Crippen LogP contribution in [0.5, 0.6) is 0 Å². The van der Waals surface area contributed by atoms with E-state index in [-0.39, 0.29) is 5.91 Å². The molecule has 0 spiro atoms. The van der Waals surface area contributed by atoms with E-state index in [4.69, 9.17) is 0 Å². The maximum Gasteiger partial charge on any atom is 0.221 e. The number of guanidine groups is 1. The van der Waals surface area contributed by atoms with Gasteiger partial charge in [-0.1, -0.05) is 42.5 Å². The van der Waals surface area contributed by atoms with Crippen LogP contribution < -0.4 is 16.0 Å². The molecular formula is C20H26N4O. The van der Waals surface area contributed by atoms with Gasteiger partial charge in [-0.25, -0.2) is 4.99 Å². The third kappa shape index (κ3) is 7.08. The van der Waals surface area contributed by atoms with Crippen LogP contribution in [-0.2, 0) is 17.8 Å². The summed E-state index contributed by atoms with van der Waals surface area (Å²) in [4.78, 5) is 15.8. The Morgan fingerprint density at radius 1 is 1.00 bits per heavy atom. The second-order valence-electron chi connectivity index (χ2n) is 5.74. The maximum atomic E-state index is 11.2. The molecule has 0 saturated heterocycles. The zero-order chi connectivity index (χ0) is 17.9. The lowest BCUT2D eigenvalue weighted by atomic mass is 10.1. The molecule has 2 aromatic carbocycles. The van der Waals surface area contributed by atoms with Gasteiger partial charge in [0.1, 0.15) is 0 Å². The fourth-order valence-electron chi connectivity index (χ4n) is 2.43. The Morgan fingerprint density at radius 3 is 2.48 bits per heavy atom. The van der Waals surface area contributed by atoms with Gasteiger partial charge in [0.25, 0.3) is 0 Å². The van der Waals surface area contributed by atoms with Gasteiger partial charge in [-0.2, -0.15) is 0 Å². The lowest BCUT2D eigenvalue weighted by molar-refractivity contribution is -0.114. The number of hydrogen-bond acceptors (Lipinski definition) is 2. The zero-order valence-corrected chi connectivity index (χ0v) is 14.9. The molecule has 0 atom stereocenters. The molecular weight excluding hydrogens is 312 g/mol. The summed E-state index contributed by atoms with van der Waals surface area (Å²) < 4.78 is 0. The van der Waals surface area contributed by atoms with Crippen LogP contribution in [0.15, 0.2) is 59.6 Å². The van der Waals surface area contributed by atoms with Crippen LogP contribution in [-0.4, -0.2) is 25.0 Å². The topological polar surface area (TPSA) is 65.5 Å². The Labute approximate surface area is 149 Å². The van der Waals surface area contributed by atoms with Crippen molar-refractivity contribution in [2.24, 2.45) is 4.99 Å². The Balaban J connectivity index is 1.91. The monoisotopic (exact) mass is 338 g/mol. The van der Waals surface area contributed by atoms with Gasteiger partial charge in [0.2, 0.25) is 5.91 Å². The van der Waals surface area contributed by atoms with E-state index >= 15 is 0 Å². The number of amides is 1. The number of hydrogen-bond donors (Lipinski definition) is 3. The third-order valence-corrected chi connectivity index (χ3v) is 3.56. The molecule has 5 nitrogen and oxygen atoms in total. The zero-order valence-electron chi connectivity index (χ0n) is 14.9. The van der Waals surface area contributed by atoms with Crippen molar-refractivity contribution in [1.82, 2.24) is 10.6 Å². The Bertz CT molecular complexity index is 698. The van der Waals surface area contributed by atoms with Gasteiger partial charge < -0.3 is 16.0 Å². The van der Waals surface area contributed by atoms with Gasteiger partial charge in [-0.15, -0.1) is 0 Å². The van der Waals surface area contributed by atoms with Crippen LogP contribution in [0.25, 0.3) is 0 Å². The molecule has 3 N–H and O–H groups in total. The minimum Gasteiger partial charge on any atom is -0.357 e. The lowest BCUT2D eigenvalue weighted by Crippen LogP contribution is -2.38. The summed E-state index contributed by atoms with van der Waals surface area (Å²) >= 11 is 0. The molecule has 2 aromatic rings. The highest BCUT2D eigenvalue weighted by atomic mass is 16.1. The molecule has 0 saturated carbocycles. The largest absolute Gasteiger partial charge is 0.357 e. The van der Waals surface area contributed by atoms with Crippen LogP contribution >= 0.6 is 0 Å². The van der Waals surface area contributed by atoms with E-state index in [1.165, 1.54) is 12.5 Å². The second-order valence-corrected chi connectivity index (χ2v) is 5.74. The van der Waals surface area contributed by atoms with Crippen LogP contribution in [0.1, 0.15) is 25.0 Å². The number of aliphatic imine (C=N–C) groups is 1. The van der Waals surface area contributed by atoms with Gasteiger partial charge in [-0.3, -0.25) is 4.79 Å². The molecule has 0 aliphatic carbocycles. The van der Waals surface area contributed by atoms with Gasteiger partial charge in [0, 0.05) is 25.7 Å². The van der Waals surface area contributed by atoms with Crippen molar-refractivity contribution in [2.75, 3.05) is 18.4 Å². The maximum absolute atomic E-state index is 11.2. The first-order valence-electron chi connectivity index (χ1n) is 8.60. The van der Waals surface area contributed by atoms with E-state index in [9.17, 15) is 4.79 Å². The minimum absolute atomic E-state index is 0.0726. The minimum atomic E-state index is -0.0726. The summed E-state index contributed by atoms with van der Waals surface area (Å²) in [6, 6.07) is 18.1. The predicted octanol–water partition coefficient (Wildman–Crippen LogP) is 2.94. The summed E-state index contributed by atoms with van der Waals surface area (Å²) in [6.45, 7) is 5.73. The van der Waals surface area contributed by atoms with Crippen molar-refractivity contribution in [2.45, 2.75) is 26.8 Å². The molecule has 1 amide bonds. The van der Waals surface area contributed by atoms with Crippen molar-refractivity contribution >= 4 is 17.6 Å². The first-order chi connectivity index (χ1) is 12.2. The smallest absolute Gasteiger partial charge is 0.221 e. The van der Waals surface area contributed by atoms with Crippen molar-refractivity contribution in [3.8, 4) is 0 Å². The average molecular weight is 338 g/mol. The molecule has 0 aliphatic heterocycles. The molecule has 0 bridgehead atoms. The van der Waals surface area contributed by atoms with E-state index in [0.717, 1.165) is 36.7 Å². The van der Waals surface area contributed by atoms with Crippen LogP contribution in [0.3, 0.4) is 0 Å². The summed E-state index contributed by atoms with van der Waals surface area (Å²) in [6.07, 6.45) is 0.948. The molecule has 0 aliphatic rings. The Hall–Kier alpha value is -2.82. The van der Waals surface area contributed by atoms with Gasteiger partial charge >= 0.3 is 0 Å². The molecule has 0 unspecified atom stereocenters. The van der Waals surface area contributed by atoms with Gasteiger partial charge in [0.15, 0.2) is 5.96 Å². The number of rotatable bonds is 7. The molecule has 132 valence electrons. The molecule has 0 heterocycles. The average Bonchev–Trinajstić information content (AvgIpc) is 2.60. The van der Waals surface area contributed by atoms with E-state index < -0.39 is 0 Å². The first-order valence-corrected chi connectivity index (χ1v) is 8.60. The molecule has 0 radical (unpaired) electrons. The fraction of sp³-hybridized carbons (Fsp3) is 0.300. The Morgan fingerprint density at radius 2 is 1.76 bits per heavy atom. The van der Waals surface area contributed by atoms with Crippen molar-refractivity contribution in [3.05, 3.63) is 65.7 Å². The summed E-state index contributed by atoms with van der Waals surface area (Å²) in [5.41, 5.74) is 3.14. The summed E-state index contributed by atoms with van der Waals surface area (Å²) in [5.74, 6) is 0.722. The second kappa shape index (κ2) is 10.1. The van der Waals surface area contributed by atoms with E-state index in [2.05, 4.69) is 45.2 Å². The highest BCUT2D eigenvalue weighted by Gasteiger charge is 2.00. The Kier molecular flexibility index (Phi) is 7.50. The molecule has 2 rings (SSSR count). The van der Waals surface area contributed by atoms with E-state index in [1.807, 2.05) is 37.3 Å². The molecule has 0 aromatic heterocycles. The van der Waals surface area contributed by atoms with E-state index in [1.54, 1.807) is 0 Å². The standard InChI is InChI=1S/C20H26N4O/c1-3-21-20(22-13-12-17-8-5-4-6-9-17)23-15-18-10-7-11-19(14-18)24-16(2)25/h4-11,14H,3,12-13,15H2,1-2H3,(H,24,25)(H2,21,22,23). The van der Waals surface area contributed by atoms with E-state index in [0.29, 0.717) is 6.54 Å². The molecule has 25 heavy (non-hydrogen) atoms. The SMILES string of the molecule is CCNC(=NCc1cccc(NC(C)=O)c1)NCCc1ccccc1. The molecule has 0 fully saturated rings. The van der Waals surface area contributed by atoms with Crippen LogP contribution in [0, 0.1) is 0 Å². The number of benzene rings is 2. The number of carbonyl (C=O) groups is 1. The predicted molar refractivity (Wildman–Crippen MR) is 104 cm³/mol. The number of nitrogens with one attached hydrogen (secondary N) is 3. The highest BCUT2D eigenvalue weighted by Crippen LogP contribution is 2.11. The normalized spacial score (nSPS) is 11.0. The van der Waals surface area contributed by atoms with Crippen LogP contribution in [0.2, 0.25) is 0 Å². The van der Waals surface area contributed by atoms with Crippen LogP contribution in [0.4, 0.5) is 5.69 Å². The fourth-order valence-corrected chi connectivity index (χ4v) is 2.43. The number of carbonyl (C=O) groups excluding carboxylic acids is 1. The third-order valence-electron chi connectivity index (χ3n) is 3.56. The highest BCUT2D eigenvalue weighted by molar-refractivity contribution is 5.88. The quantitative estimate of drug-likeness (QED) is 0.537.